The Morgan fingerprint density at radius 2 is 1.88 bits per heavy atom. The molecule has 2 aromatic carbocycles. The van der Waals surface area contributed by atoms with Gasteiger partial charge >= 0.3 is 6.03 Å². The van der Waals surface area contributed by atoms with Crippen LogP contribution in [-0.4, -0.2) is 19.6 Å². The summed E-state index contributed by atoms with van der Waals surface area (Å²) in [6.45, 7) is 4.80. The number of aryl methyl sites for hydroxylation is 2. The summed E-state index contributed by atoms with van der Waals surface area (Å²) in [5, 5.41) is 5.43. The molecule has 6 heteroatoms. The number of carbonyl (C=O) groups is 1. The van der Waals surface area contributed by atoms with Crippen LogP contribution in [0.15, 0.2) is 36.4 Å². The Labute approximate surface area is 140 Å². The van der Waals surface area contributed by atoms with Gasteiger partial charge in [-0.15, -0.1) is 0 Å². The van der Waals surface area contributed by atoms with Gasteiger partial charge in [-0.2, -0.15) is 0 Å². The number of rotatable bonds is 5. The fourth-order valence-electron chi connectivity index (χ4n) is 2.28. The van der Waals surface area contributed by atoms with Crippen LogP contribution in [0.1, 0.15) is 16.7 Å². The monoisotopic (exact) mass is 328 g/mol. The molecule has 24 heavy (non-hydrogen) atoms. The van der Waals surface area contributed by atoms with Crippen molar-refractivity contribution in [2.45, 2.75) is 20.4 Å². The molecule has 0 fully saturated rings. The highest BCUT2D eigenvalue weighted by molar-refractivity contribution is 5.73. The molecule has 6 nitrogen and oxygen atoms in total. The molecule has 2 N–H and O–H groups in total. The van der Waals surface area contributed by atoms with Gasteiger partial charge in [0.25, 0.3) is 0 Å². The van der Waals surface area contributed by atoms with Gasteiger partial charge < -0.3 is 24.8 Å². The predicted molar refractivity (Wildman–Crippen MR) is 89.3 cm³/mol. The largest absolute Gasteiger partial charge is 0.473 e. The molecule has 0 saturated heterocycles. The molecule has 1 aliphatic heterocycles. The number of amides is 2. The van der Waals surface area contributed by atoms with Crippen molar-refractivity contribution in [3.8, 4) is 17.2 Å². The molecule has 1 heterocycles. The lowest BCUT2D eigenvalue weighted by atomic mass is 10.1. The first-order chi connectivity index (χ1) is 11.6. The molecule has 126 valence electrons. The van der Waals surface area contributed by atoms with Crippen LogP contribution >= 0.6 is 0 Å². The van der Waals surface area contributed by atoms with Crippen LogP contribution in [0.4, 0.5) is 4.79 Å². The predicted octanol–water partition coefficient (Wildman–Crippen LogP) is 2.87. The molecule has 0 radical (unpaired) electrons. The lowest BCUT2D eigenvalue weighted by Crippen LogP contribution is -2.37. The number of fused-ring (bicyclic) bond motifs is 1. The average Bonchev–Trinajstić information content (AvgIpc) is 3.04. The number of benzene rings is 2. The normalized spacial score (nSPS) is 11.9. The third kappa shape index (κ3) is 3.90. The van der Waals surface area contributed by atoms with E-state index in [-0.39, 0.29) is 19.6 Å². The maximum atomic E-state index is 11.8. The van der Waals surface area contributed by atoms with Crippen LogP contribution in [0.2, 0.25) is 0 Å². The van der Waals surface area contributed by atoms with Crippen molar-refractivity contribution in [1.82, 2.24) is 10.6 Å². The van der Waals surface area contributed by atoms with Crippen molar-refractivity contribution in [3.63, 3.8) is 0 Å². The van der Waals surface area contributed by atoms with Gasteiger partial charge in [-0.25, -0.2) is 4.79 Å². The summed E-state index contributed by atoms with van der Waals surface area (Å²) in [5.74, 6) is 2.16. The molecule has 0 unspecified atom stereocenters. The summed E-state index contributed by atoms with van der Waals surface area (Å²) in [6.07, 6.45) is 0. The Hall–Kier alpha value is -2.89. The number of carbonyl (C=O) groups excluding carboxylic acids is 1. The van der Waals surface area contributed by atoms with Gasteiger partial charge in [-0.3, -0.25) is 0 Å². The van der Waals surface area contributed by atoms with Gasteiger partial charge in [-0.05, 0) is 54.8 Å². The minimum atomic E-state index is -0.295. The maximum absolute atomic E-state index is 11.8. The van der Waals surface area contributed by atoms with E-state index in [1.807, 2.05) is 50.2 Å². The zero-order valence-electron chi connectivity index (χ0n) is 13.7. The van der Waals surface area contributed by atoms with Crippen molar-refractivity contribution in [3.05, 3.63) is 53.1 Å². The zero-order chi connectivity index (χ0) is 16.9. The molecule has 0 spiro atoms. The van der Waals surface area contributed by atoms with Crippen LogP contribution in [0.5, 0.6) is 17.2 Å². The lowest BCUT2D eigenvalue weighted by molar-refractivity contribution is 0.174. The molecule has 0 aliphatic carbocycles. The van der Waals surface area contributed by atoms with E-state index in [2.05, 4.69) is 10.6 Å². The SMILES string of the molecule is Cc1ccc(OCNC(=O)NCc2ccc3c(c2)OCO3)cc1C. The second kappa shape index (κ2) is 7.12. The quantitative estimate of drug-likeness (QED) is 0.828. The Kier molecular flexibility index (Phi) is 4.74. The molecule has 3 rings (SSSR count). The van der Waals surface area contributed by atoms with E-state index < -0.39 is 0 Å². The Morgan fingerprint density at radius 3 is 2.71 bits per heavy atom. The first kappa shape index (κ1) is 16.0. The molecular formula is C18H20N2O4. The zero-order valence-corrected chi connectivity index (χ0v) is 13.7. The molecule has 1 aliphatic rings. The van der Waals surface area contributed by atoms with E-state index in [0.29, 0.717) is 12.3 Å². The maximum Gasteiger partial charge on any atom is 0.317 e. The lowest BCUT2D eigenvalue weighted by Gasteiger charge is -2.11. The van der Waals surface area contributed by atoms with Crippen molar-refractivity contribution in [1.29, 1.82) is 0 Å². The Balaban J connectivity index is 1.42. The van der Waals surface area contributed by atoms with Crippen molar-refractivity contribution < 1.29 is 19.0 Å². The Bertz CT molecular complexity index is 746. The number of ether oxygens (including phenoxy) is 3. The minimum absolute atomic E-state index is 0.107. The summed E-state index contributed by atoms with van der Waals surface area (Å²) in [7, 11) is 0. The first-order valence-electron chi connectivity index (χ1n) is 7.72. The average molecular weight is 328 g/mol. The molecule has 0 atom stereocenters. The third-order valence-electron chi connectivity index (χ3n) is 3.84. The number of hydrogen-bond acceptors (Lipinski definition) is 4. The van der Waals surface area contributed by atoms with E-state index in [1.165, 1.54) is 5.56 Å². The second-order valence-corrected chi connectivity index (χ2v) is 5.58. The molecule has 0 bridgehead atoms. The van der Waals surface area contributed by atoms with E-state index in [1.54, 1.807) is 0 Å². The number of urea groups is 1. The third-order valence-corrected chi connectivity index (χ3v) is 3.84. The van der Waals surface area contributed by atoms with Crippen LogP contribution < -0.4 is 24.8 Å². The van der Waals surface area contributed by atoms with Gasteiger partial charge in [0, 0.05) is 6.54 Å². The fraction of sp³-hybridized carbons (Fsp3) is 0.278. The summed E-state index contributed by atoms with van der Waals surface area (Å²) >= 11 is 0. The summed E-state index contributed by atoms with van der Waals surface area (Å²) in [6, 6.07) is 11.1. The van der Waals surface area contributed by atoms with E-state index in [9.17, 15) is 4.79 Å². The van der Waals surface area contributed by atoms with Crippen molar-refractivity contribution >= 4 is 6.03 Å². The highest BCUT2D eigenvalue weighted by atomic mass is 16.7. The smallest absolute Gasteiger partial charge is 0.317 e. The minimum Gasteiger partial charge on any atom is -0.473 e. The van der Waals surface area contributed by atoms with Crippen molar-refractivity contribution in [2.75, 3.05) is 13.5 Å². The highest BCUT2D eigenvalue weighted by Gasteiger charge is 2.13. The van der Waals surface area contributed by atoms with Crippen LogP contribution in [0.3, 0.4) is 0 Å². The molecule has 2 amide bonds. The summed E-state index contributed by atoms with van der Waals surface area (Å²) in [5.41, 5.74) is 3.29. The number of hydrogen-bond donors (Lipinski definition) is 2. The van der Waals surface area contributed by atoms with Crippen LogP contribution in [-0.2, 0) is 6.54 Å². The standard InChI is InChI=1S/C18H20N2O4/c1-12-3-5-15(7-13(12)2)22-10-20-18(21)19-9-14-4-6-16-17(8-14)24-11-23-16/h3-8H,9-11H2,1-2H3,(H2,19,20,21). The summed E-state index contributed by atoms with van der Waals surface area (Å²) in [4.78, 5) is 11.8. The molecule has 0 aromatic heterocycles. The van der Waals surface area contributed by atoms with Gasteiger partial charge in [0.1, 0.15) is 5.75 Å². The van der Waals surface area contributed by atoms with E-state index >= 15 is 0 Å². The summed E-state index contributed by atoms with van der Waals surface area (Å²) < 4.78 is 16.1. The van der Waals surface area contributed by atoms with Crippen LogP contribution in [0, 0.1) is 13.8 Å². The number of nitrogens with one attached hydrogen (secondary N) is 2. The van der Waals surface area contributed by atoms with Gasteiger partial charge in [0.2, 0.25) is 6.79 Å². The molecular weight excluding hydrogens is 308 g/mol. The second-order valence-electron chi connectivity index (χ2n) is 5.58. The molecule has 0 saturated carbocycles. The first-order valence-corrected chi connectivity index (χ1v) is 7.72. The van der Waals surface area contributed by atoms with E-state index in [0.717, 1.165) is 22.6 Å². The fourth-order valence-corrected chi connectivity index (χ4v) is 2.28. The highest BCUT2D eigenvalue weighted by Crippen LogP contribution is 2.32. The Morgan fingerprint density at radius 1 is 1.04 bits per heavy atom. The molecule has 2 aromatic rings. The van der Waals surface area contributed by atoms with E-state index in [4.69, 9.17) is 14.2 Å². The topological polar surface area (TPSA) is 68.8 Å². The van der Waals surface area contributed by atoms with Gasteiger partial charge in [-0.1, -0.05) is 12.1 Å². The van der Waals surface area contributed by atoms with Gasteiger partial charge in [0.15, 0.2) is 18.2 Å². The van der Waals surface area contributed by atoms with Crippen LogP contribution in [0.25, 0.3) is 0 Å². The van der Waals surface area contributed by atoms with Gasteiger partial charge in [0.05, 0.1) is 0 Å². The van der Waals surface area contributed by atoms with Crippen molar-refractivity contribution in [2.24, 2.45) is 0 Å².